The smallest absolute Gasteiger partial charge is 0.335 e. The molecule has 0 saturated carbocycles. The number of hydrogen-bond acceptors (Lipinski definition) is 2. The van der Waals surface area contributed by atoms with E-state index < -0.39 is 5.97 Å². The lowest BCUT2D eigenvalue weighted by Crippen LogP contribution is -2.00. The molecule has 0 aliphatic carbocycles. The summed E-state index contributed by atoms with van der Waals surface area (Å²) in [5.74, 6) is -0.320. The van der Waals surface area contributed by atoms with Crippen molar-refractivity contribution < 1.29 is 14.6 Å². The van der Waals surface area contributed by atoms with Crippen molar-refractivity contribution in [1.29, 1.82) is 0 Å². The van der Waals surface area contributed by atoms with E-state index in [0.29, 0.717) is 12.4 Å². The molecule has 0 fully saturated rings. The second-order valence-electron chi connectivity index (χ2n) is 3.17. The largest absolute Gasteiger partial charge is 0.489 e. The third-order valence-electron chi connectivity index (χ3n) is 2.01. The molecule has 0 saturated heterocycles. The molecule has 15 heavy (non-hydrogen) atoms. The van der Waals surface area contributed by atoms with Gasteiger partial charge in [-0.05, 0) is 31.5 Å². The molecule has 80 valence electrons. The zero-order valence-electron chi connectivity index (χ0n) is 8.86. The molecule has 0 unspecified atom stereocenters. The fraction of sp³-hybridized carbons (Fsp3) is 0.250. The van der Waals surface area contributed by atoms with Crippen molar-refractivity contribution in [1.82, 2.24) is 0 Å². The van der Waals surface area contributed by atoms with E-state index in [-0.39, 0.29) is 5.56 Å². The van der Waals surface area contributed by atoms with Gasteiger partial charge in [0.25, 0.3) is 0 Å². The number of ether oxygens (including phenoxy) is 1. The summed E-state index contributed by atoms with van der Waals surface area (Å²) < 4.78 is 5.42. The molecule has 3 nitrogen and oxygen atoms in total. The predicted octanol–water partition coefficient (Wildman–Crippen LogP) is 2.65. The SMILES string of the molecule is C/C=C/COc1cc(C(=O)O)ccc1C. The predicted molar refractivity (Wildman–Crippen MR) is 58.4 cm³/mol. The van der Waals surface area contributed by atoms with Gasteiger partial charge in [0, 0.05) is 0 Å². The van der Waals surface area contributed by atoms with Crippen LogP contribution in [0.4, 0.5) is 0 Å². The van der Waals surface area contributed by atoms with Gasteiger partial charge < -0.3 is 9.84 Å². The Labute approximate surface area is 89.0 Å². The number of carbonyl (C=O) groups is 1. The molecular weight excluding hydrogens is 192 g/mol. The van der Waals surface area contributed by atoms with E-state index in [1.165, 1.54) is 0 Å². The Morgan fingerprint density at radius 3 is 2.87 bits per heavy atom. The summed E-state index contributed by atoms with van der Waals surface area (Å²) in [6, 6.07) is 4.86. The molecule has 0 aromatic heterocycles. The maximum absolute atomic E-state index is 10.7. The molecule has 1 aromatic rings. The summed E-state index contributed by atoms with van der Waals surface area (Å²) in [4.78, 5) is 10.7. The Balaban J connectivity index is 2.85. The molecule has 0 aliphatic rings. The van der Waals surface area contributed by atoms with E-state index in [4.69, 9.17) is 9.84 Å². The van der Waals surface area contributed by atoms with E-state index in [9.17, 15) is 4.79 Å². The maximum atomic E-state index is 10.7. The molecule has 0 atom stereocenters. The van der Waals surface area contributed by atoms with Crippen LogP contribution in [-0.4, -0.2) is 17.7 Å². The van der Waals surface area contributed by atoms with Crippen molar-refractivity contribution in [2.45, 2.75) is 13.8 Å². The molecule has 1 rings (SSSR count). The highest BCUT2D eigenvalue weighted by Crippen LogP contribution is 2.19. The monoisotopic (exact) mass is 206 g/mol. The van der Waals surface area contributed by atoms with Crippen LogP contribution in [0.1, 0.15) is 22.8 Å². The number of rotatable bonds is 4. The first-order chi connectivity index (χ1) is 7.15. The zero-order chi connectivity index (χ0) is 11.3. The maximum Gasteiger partial charge on any atom is 0.335 e. The van der Waals surface area contributed by atoms with E-state index >= 15 is 0 Å². The Bertz CT molecular complexity index is 380. The molecule has 3 heteroatoms. The lowest BCUT2D eigenvalue weighted by Gasteiger charge is -2.07. The van der Waals surface area contributed by atoms with Gasteiger partial charge in [0.15, 0.2) is 0 Å². The van der Waals surface area contributed by atoms with Crippen LogP contribution in [0.3, 0.4) is 0 Å². The summed E-state index contributed by atoms with van der Waals surface area (Å²) >= 11 is 0. The van der Waals surface area contributed by atoms with Gasteiger partial charge in [0.1, 0.15) is 12.4 Å². The van der Waals surface area contributed by atoms with Gasteiger partial charge in [-0.3, -0.25) is 0 Å². The van der Waals surface area contributed by atoms with Gasteiger partial charge in [0.05, 0.1) is 5.56 Å². The number of hydrogen-bond donors (Lipinski definition) is 1. The van der Waals surface area contributed by atoms with Gasteiger partial charge in [-0.15, -0.1) is 0 Å². The summed E-state index contributed by atoms with van der Waals surface area (Å²) in [5.41, 5.74) is 1.18. The first-order valence-electron chi connectivity index (χ1n) is 4.73. The highest BCUT2D eigenvalue weighted by atomic mass is 16.5. The molecule has 0 radical (unpaired) electrons. The minimum atomic E-state index is -0.939. The zero-order valence-corrected chi connectivity index (χ0v) is 8.86. The average molecular weight is 206 g/mol. The number of carboxylic acids is 1. The fourth-order valence-electron chi connectivity index (χ4n) is 1.12. The molecule has 0 amide bonds. The van der Waals surface area contributed by atoms with Crippen molar-refractivity contribution in [2.24, 2.45) is 0 Å². The van der Waals surface area contributed by atoms with E-state index in [2.05, 4.69) is 0 Å². The quantitative estimate of drug-likeness (QED) is 0.770. The summed E-state index contributed by atoms with van der Waals surface area (Å²) in [6.45, 7) is 4.25. The topological polar surface area (TPSA) is 46.5 Å². The van der Waals surface area contributed by atoms with Crippen LogP contribution >= 0.6 is 0 Å². The highest BCUT2D eigenvalue weighted by molar-refractivity contribution is 5.88. The second-order valence-corrected chi connectivity index (χ2v) is 3.17. The van der Waals surface area contributed by atoms with Crippen molar-refractivity contribution in [3.63, 3.8) is 0 Å². The minimum absolute atomic E-state index is 0.246. The molecule has 0 spiro atoms. The Hall–Kier alpha value is -1.77. The summed E-state index contributed by atoms with van der Waals surface area (Å²) in [5, 5.41) is 8.80. The van der Waals surface area contributed by atoms with Gasteiger partial charge in [-0.25, -0.2) is 4.79 Å². The number of aromatic carboxylic acids is 1. The number of allylic oxidation sites excluding steroid dienone is 1. The molecule has 0 bridgehead atoms. The second kappa shape index (κ2) is 5.20. The number of carboxylic acid groups (broad SMARTS) is 1. The Morgan fingerprint density at radius 2 is 2.27 bits per heavy atom. The van der Waals surface area contributed by atoms with Crippen LogP contribution in [0.2, 0.25) is 0 Å². The van der Waals surface area contributed by atoms with E-state index in [0.717, 1.165) is 5.56 Å². The van der Waals surface area contributed by atoms with Gasteiger partial charge in [-0.1, -0.05) is 18.2 Å². The average Bonchev–Trinajstić information content (AvgIpc) is 2.20. The lowest BCUT2D eigenvalue weighted by molar-refractivity contribution is 0.0696. The van der Waals surface area contributed by atoms with Crippen LogP contribution in [-0.2, 0) is 0 Å². The van der Waals surface area contributed by atoms with Crippen LogP contribution in [0, 0.1) is 6.92 Å². The van der Waals surface area contributed by atoms with E-state index in [1.54, 1.807) is 18.2 Å². The van der Waals surface area contributed by atoms with Crippen LogP contribution < -0.4 is 4.74 Å². The minimum Gasteiger partial charge on any atom is -0.489 e. The summed E-state index contributed by atoms with van der Waals surface area (Å²) in [7, 11) is 0. The first kappa shape index (κ1) is 11.3. The number of benzene rings is 1. The molecule has 1 N–H and O–H groups in total. The summed E-state index contributed by atoms with van der Waals surface area (Å²) in [6.07, 6.45) is 3.75. The fourth-order valence-corrected chi connectivity index (χ4v) is 1.12. The van der Waals surface area contributed by atoms with Crippen molar-refractivity contribution in [3.05, 3.63) is 41.5 Å². The Kier molecular flexibility index (Phi) is 3.92. The molecular formula is C12H14O3. The van der Waals surface area contributed by atoms with Gasteiger partial charge >= 0.3 is 5.97 Å². The molecule has 1 aromatic carbocycles. The third-order valence-corrected chi connectivity index (χ3v) is 2.01. The number of aryl methyl sites for hydroxylation is 1. The van der Waals surface area contributed by atoms with Crippen molar-refractivity contribution in [2.75, 3.05) is 6.61 Å². The normalized spacial score (nSPS) is 10.5. The van der Waals surface area contributed by atoms with Crippen LogP contribution in [0.15, 0.2) is 30.4 Å². The van der Waals surface area contributed by atoms with Gasteiger partial charge in [0.2, 0.25) is 0 Å². The molecule has 0 aliphatic heterocycles. The van der Waals surface area contributed by atoms with Crippen LogP contribution in [0.25, 0.3) is 0 Å². The first-order valence-corrected chi connectivity index (χ1v) is 4.73. The Morgan fingerprint density at radius 1 is 1.53 bits per heavy atom. The lowest BCUT2D eigenvalue weighted by atomic mass is 10.1. The van der Waals surface area contributed by atoms with Crippen molar-refractivity contribution in [3.8, 4) is 5.75 Å². The van der Waals surface area contributed by atoms with E-state index in [1.807, 2.05) is 26.0 Å². The van der Waals surface area contributed by atoms with Crippen LogP contribution in [0.5, 0.6) is 5.75 Å². The third kappa shape index (κ3) is 3.13. The highest BCUT2D eigenvalue weighted by Gasteiger charge is 2.06. The van der Waals surface area contributed by atoms with Gasteiger partial charge in [-0.2, -0.15) is 0 Å². The molecule has 0 heterocycles. The standard InChI is InChI=1S/C12H14O3/c1-3-4-7-15-11-8-10(12(13)14)6-5-9(11)2/h3-6,8H,7H2,1-2H3,(H,13,14)/b4-3+. The van der Waals surface area contributed by atoms with Crippen molar-refractivity contribution >= 4 is 5.97 Å².